The molecule has 1 aliphatic rings. The molecule has 2 aromatic heterocycles. The third-order valence-electron chi connectivity index (χ3n) is 3.34. The lowest BCUT2D eigenvalue weighted by Crippen LogP contribution is -2.43. The molecule has 20 heavy (non-hydrogen) atoms. The molecule has 2 aromatic rings. The predicted octanol–water partition coefficient (Wildman–Crippen LogP) is 1.36. The molecule has 0 atom stereocenters. The molecule has 104 valence electrons. The highest BCUT2D eigenvalue weighted by molar-refractivity contribution is 7.09. The zero-order valence-electron chi connectivity index (χ0n) is 11.0. The van der Waals surface area contributed by atoms with Crippen molar-refractivity contribution in [2.45, 2.75) is 24.8 Å². The van der Waals surface area contributed by atoms with Gasteiger partial charge in [-0.1, -0.05) is 6.07 Å². The SMILES string of the molecule is NC1(C(=O)NCCc2nc(-c3ccccn3)cs2)CC1. The molecular formula is C14H16N4OS. The second-order valence-corrected chi connectivity index (χ2v) is 5.95. The van der Waals surface area contributed by atoms with E-state index in [0.29, 0.717) is 6.54 Å². The van der Waals surface area contributed by atoms with Crippen molar-refractivity contribution in [1.29, 1.82) is 0 Å². The van der Waals surface area contributed by atoms with E-state index in [1.807, 2.05) is 23.6 Å². The molecule has 1 fully saturated rings. The Labute approximate surface area is 121 Å². The fraction of sp³-hybridized carbons (Fsp3) is 0.357. The van der Waals surface area contributed by atoms with Crippen LogP contribution in [-0.4, -0.2) is 28.0 Å². The first kappa shape index (κ1) is 13.2. The fourth-order valence-corrected chi connectivity index (χ4v) is 2.67. The van der Waals surface area contributed by atoms with Gasteiger partial charge in [0.05, 0.1) is 21.9 Å². The van der Waals surface area contributed by atoms with Crippen molar-refractivity contribution in [2.24, 2.45) is 5.73 Å². The number of pyridine rings is 1. The zero-order chi connectivity index (χ0) is 14.0. The Hall–Kier alpha value is -1.79. The first-order valence-electron chi connectivity index (χ1n) is 6.60. The molecule has 0 radical (unpaired) electrons. The number of nitrogens with zero attached hydrogens (tertiary/aromatic N) is 2. The van der Waals surface area contributed by atoms with Crippen molar-refractivity contribution in [1.82, 2.24) is 15.3 Å². The second kappa shape index (κ2) is 5.30. The van der Waals surface area contributed by atoms with Gasteiger partial charge in [-0.2, -0.15) is 0 Å². The van der Waals surface area contributed by atoms with E-state index in [1.165, 1.54) is 0 Å². The van der Waals surface area contributed by atoms with Gasteiger partial charge in [0.15, 0.2) is 0 Å². The van der Waals surface area contributed by atoms with Crippen LogP contribution in [0.1, 0.15) is 17.8 Å². The smallest absolute Gasteiger partial charge is 0.240 e. The molecular weight excluding hydrogens is 272 g/mol. The summed E-state index contributed by atoms with van der Waals surface area (Å²) in [7, 11) is 0. The van der Waals surface area contributed by atoms with Crippen molar-refractivity contribution in [3.8, 4) is 11.4 Å². The van der Waals surface area contributed by atoms with Gasteiger partial charge in [-0.15, -0.1) is 11.3 Å². The highest BCUT2D eigenvalue weighted by Crippen LogP contribution is 2.32. The average molecular weight is 288 g/mol. The Bertz CT molecular complexity index is 607. The van der Waals surface area contributed by atoms with Gasteiger partial charge >= 0.3 is 0 Å². The van der Waals surface area contributed by atoms with Crippen LogP contribution in [0.4, 0.5) is 0 Å². The summed E-state index contributed by atoms with van der Waals surface area (Å²) in [6, 6.07) is 5.76. The quantitative estimate of drug-likeness (QED) is 0.870. The highest BCUT2D eigenvalue weighted by Gasteiger charge is 2.45. The van der Waals surface area contributed by atoms with Crippen LogP contribution >= 0.6 is 11.3 Å². The number of nitrogens with two attached hydrogens (primary N) is 1. The number of nitrogens with one attached hydrogen (secondary N) is 1. The molecule has 0 spiro atoms. The normalized spacial score (nSPS) is 15.8. The Morgan fingerprint density at radius 3 is 2.95 bits per heavy atom. The average Bonchev–Trinajstić information content (AvgIpc) is 3.05. The molecule has 0 unspecified atom stereocenters. The monoisotopic (exact) mass is 288 g/mol. The predicted molar refractivity (Wildman–Crippen MR) is 78.2 cm³/mol. The number of amides is 1. The zero-order valence-corrected chi connectivity index (χ0v) is 11.8. The van der Waals surface area contributed by atoms with E-state index in [4.69, 9.17) is 5.73 Å². The first-order chi connectivity index (χ1) is 9.67. The molecule has 2 heterocycles. The van der Waals surface area contributed by atoms with E-state index < -0.39 is 5.54 Å². The van der Waals surface area contributed by atoms with Crippen molar-refractivity contribution in [2.75, 3.05) is 6.54 Å². The summed E-state index contributed by atoms with van der Waals surface area (Å²) in [6.45, 7) is 0.576. The number of carbonyl (C=O) groups excluding carboxylic acids is 1. The van der Waals surface area contributed by atoms with E-state index in [1.54, 1.807) is 17.5 Å². The van der Waals surface area contributed by atoms with Crippen molar-refractivity contribution in [3.63, 3.8) is 0 Å². The molecule has 1 saturated carbocycles. The summed E-state index contributed by atoms with van der Waals surface area (Å²) in [4.78, 5) is 20.5. The molecule has 3 rings (SSSR count). The summed E-state index contributed by atoms with van der Waals surface area (Å²) in [6.07, 6.45) is 4.06. The van der Waals surface area contributed by atoms with Crippen LogP contribution in [0.25, 0.3) is 11.4 Å². The highest BCUT2D eigenvalue weighted by atomic mass is 32.1. The number of carbonyl (C=O) groups is 1. The second-order valence-electron chi connectivity index (χ2n) is 5.00. The van der Waals surface area contributed by atoms with Gasteiger partial charge in [-0.3, -0.25) is 9.78 Å². The fourth-order valence-electron chi connectivity index (χ4n) is 1.88. The maximum atomic E-state index is 11.7. The standard InChI is InChI=1S/C14H16N4OS/c15-14(5-6-14)13(19)17-8-4-12-18-11(9-20-12)10-3-1-2-7-16-10/h1-3,7,9H,4-6,8,15H2,(H,17,19). The van der Waals surface area contributed by atoms with Gasteiger partial charge in [-0.05, 0) is 25.0 Å². The Morgan fingerprint density at radius 2 is 2.25 bits per heavy atom. The number of hydrogen-bond donors (Lipinski definition) is 2. The van der Waals surface area contributed by atoms with Crippen LogP contribution in [0, 0.1) is 0 Å². The van der Waals surface area contributed by atoms with Gasteiger partial charge in [0.25, 0.3) is 0 Å². The number of rotatable bonds is 5. The third-order valence-corrected chi connectivity index (χ3v) is 4.25. The Morgan fingerprint density at radius 1 is 1.40 bits per heavy atom. The molecule has 0 bridgehead atoms. The lowest BCUT2D eigenvalue weighted by molar-refractivity contribution is -0.123. The number of thiazole rings is 1. The van der Waals surface area contributed by atoms with Gasteiger partial charge < -0.3 is 11.1 Å². The van der Waals surface area contributed by atoms with Crippen LogP contribution < -0.4 is 11.1 Å². The summed E-state index contributed by atoms with van der Waals surface area (Å²) >= 11 is 1.59. The minimum atomic E-state index is -0.595. The van der Waals surface area contributed by atoms with Crippen LogP contribution in [0.15, 0.2) is 29.8 Å². The first-order valence-corrected chi connectivity index (χ1v) is 7.48. The molecule has 3 N–H and O–H groups in total. The Kier molecular flexibility index (Phi) is 3.50. The summed E-state index contributed by atoms with van der Waals surface area (Å²) < 4.78 is 0. The van der Waals surface area contributed by atoms with Crippen molar-refractivity contribution in [3.05, 3.63) is 34.8 Å². The third kappa shape index (κ3) is 2.86. The topological polar surface area (TPSA) is 80.9 Å². The minimum absolute atomic E-state index is 0.0426. The van der Waals surface area contributed by atoms with Gasteiger partial charge in [0.2, 0.25) is 5.91 Å². The van der Waals surface area contributed by atoms with Crippen LogP contribution in [0.3, 0.4) is 0 Å². The van der Waals surface area contributed by atoms with Crippen LogP contribution in [0.5, 0.6) is 0 Å². The maximum absolute atomic E-state index is 11.7. The van der Waals surface area contributed by atoms with E-state index >= 15 is 0 Å². The Balaban J connectivity index is 1.54. The van der Waals surface area contributed by atoms with Crippen LogP contribution in [0.2, 0.25) is 0 Å². The van der Waals surface area contributed by atoms with Crippen molar-refractivity contribution < 1.29 is 4.79 Å². The van der Waals surface area contributed by atoms with E-state index in [2.05, 4.69) is 15.3 Å². The largest absolute Gasteiger partial charge is 0.354 e. The lowest BCUT2D eigenvalue weighted by Gasteiger charge is -2.08. The van der Waals surface area contributed by atoms with Crippen LogP contribution in [-0.2, 0) is 11.2 Å². The maximum Gasteiger partial charge on any atom is 0.240 e. The van der Waals surface area contributed by atoms with E-state index in [9.17, 15) is 4.79 Å². The van der Waals surface area contributed by atoms with Gasteiger partial charge in [0, 0.05) is 24.5 Å². The summed E-state index contributed by atoms with van der Waals surface area (Å²) in [5, 5.41) is 5.85. The van der Waals surface area contributed by atoms with Gasteiger partial charge in [-0.25, -0.2) is 4.98 Å². The summed E-state index contributed by atoms with van der Waals surface area (Å²) in [5.41, 5.74) is 6.98. The number of aromatic nitrogens is 2. The molecule has 1 amide bonds. The minimum Gasteiger partial charge on any atom is -0.354 e. The lowest BCUT2D eigenvalue weighted by atomic mass is 10.2. The molecule has 1 aliphatic carbocycles. The molecule has 0 saturated heterocycles. The molecule has 5 nitrogen and oxygen atoms in total. The van der Waals surface area contributed by atoms with E-state index in [-0.39, 0.29) is 5.91 Å². The van der Waals surface area contributed by atoms with Gasteiger partial charge in [0.1, 0.15) is 0 Å². The van der Waals surface area contributed by atoms with E-state index in [0.717, 1.165) is 35.7 Å². The summed E-state index contributed by atoms with van der Waals surface area (Å²) in [5.74, 6) is -0.0426. The van der Waals surface area contributed by atoms with Crippen molar-refractivity contribution >= 4 is 17.2 Å². The molecule has 6 heteroatoms. The molecule has 0 aromatic carbocycles. The molecule has 0 aliphatic heterocycles. The number of hydrogen-bond acceptors (Lipinski definition) is 5.